The Labute approximate surface area is 196 Å². The van der Waals surface area contributed by atoms with Gasteiger partial charge in [0.1, 0.15) is 12.3 Å². The third kappa shape index (κ3) is 7.03. The second-order valence-corrected chi connectivity index (χ2v) is 7.12. The van der Waals surface area contributed by atoms with Crippen LogP contribution in [0.3, 0.4) is 0 Å². The average Bonchev–Trinajstić information content (AvgIpc) is 2.87. The highest BCUT2D eigenvalue weighted by Crippen LogP contribution is 2.13. The molecule has 174 valence electrons. The molecule has 0 aliphatic carbocycles. The highest BCUT2D eigenvalue weighted by Gasteiger charge is 2.13. The van der Waals surface area contributed by atoms with Gasteiger partial charge in [-0.25, -0.2) is 0 Å². The summed E-state index contributed by atoms with van der Waals surface area (Å²) in [7, 11) is 0. The number of anilines is 1. The quantitative estimate of drug-likeness (QED) is 0.354. The Hall–Kier alpha value is -4.46. The summed E-state index contributed by atoms with van der Waals surface area (Å²) in [5.74, 6) is -1.21. The molecule has 0 radical (unpaired) electrons. The van der Waals surface area contributed by atoms with Crippen LogP contribution in [0.4, 0.5) is 5.69 Å². The first-order chi connectivity index (χ1) is 16.5. The van der Waals surface area contributed by atoms with Crippen molar-refractivity contribution < 1.29 is 28.7 Å². The second kappa shape index (κ2) is 12.0. The molecule has 0 atom stereocenters. The molecule has 0 heterocycles. The smallest absolute Gasteiger partial charge is 0.325 e. The van der Waals surface area contributed by atoms with Crippen LogP contribution in [0.25, 0.3) is 0 Å². The number of benzene rings is 3. The number of hydrogen-bond donors (Lipinski definition) is 2. The van der Waals surface area contributed by atoms with Gasteiger partial charge < -0.3 is 20.1 Å². The molecule has 3 rings (SSSR count). The number of hydrogen-bond acceptors (Lipinski definition) is 6. The molecule has 0 unspecified atom stereocenters. The largest absolute Gasteiger partial charge is 0.494 e. The number of amides is 2. The molecule has 0 aliphatic heterocycles. The maximum atomic E-state index is 12.3. The van der Waals surface area contributed by atoms with Gasteiger partial charge >= 0.3 is 5.97 Å². The van der Waals surface area contributed by atoms with E-state index >= 15 is 0 Å². The molecule has 2 N–H and O–H groups in total. The minimum absolute atomic E-state index is 0.263. The maximum Gasteiger partial charge on any atom is 0.325 e. The predicted molar refractivity (Wildman–Crippen MR) is 126 cm³/mol. The summed E-state index contributed by atoms with van der Waals surface area (Å²) in [6.45, 7) is 1.54. The number of ether oxygens (including phenoxy) is 2. The van der Waals surface area contributed by atoms with Gasteiger partial charge in [0.2, 0.25) is 0 Å². The number of carbonyl (C=O) groups is 4. The highest BCUT2D eigenvalue weighted by molar-refractivity contribution is 6.04. The zero-order valence-electron chi connectivity index (χ0n) is 18.6. The molecule has 0 bridgehead atoms. The summed E-state index contributed by atoms with van der Waals surface area (Å²) in [4.78, 5) is 48.5. The van der Waals surface area contributed by atoms with E-state index in [0.29, 0.717) is 34.7 Å². The van der Waals surface area contributed by atoms with Crippen molar-refractivity contribution in [3.63, 3.8) is 0 Å². The van der Waals surface area contributed by atoms with E-state index in [-0.39, 0.29) is 12.5 Å². The van der Waals surface area contributed by atoms with E-state index < -0.39 is 24.3 Å². The van der Waals surface area contributed by atoms with Crippen molar-refractivity contribution >= 4 is 29.3 Å². The first kappa shape index (κ1) is 24.2. The summed E-state index contributed by atoms with van der Waals surface area (Å²) in [5.41, 5.74) is 1.74. The maximum absolute atomic E-state index is 12.3. The predicted octanol–water partition coefficient (Wildman–Crippen LogP) is 3.49. The van der Waals surface area contributed by atoms with Crippen molar-refractivity contribution in [1.82, 2.24) is 5.32 Å². The average molecular weight is 460 g/mol. The lowest BCUT2D eigenvalue weighted by molar-refractivity contribution is -0.141. The summed E-state index contributed by atoms with van der Waals surface area (Å²) in [6, 6.07) is 21.5. The van der Waals surface area contributed by atoms with Gasteiger partial charge in [0.25, 0.3) is 11.8 Å². The molecule has 0 aliphatic rings. The topological polar surface area (TPSA) is 111 Å². The van der Waals surface area contributed by atoms with Gasteiger partial charge in [-0.2, -0.15) is 0 Å². The molecule has 8 nitrogen and oxygen atoms in total. The zero-order chi connectivity index (χ0) is 24.3. The lowest BCUT2D eigenvalue weighted by Crippen LogP contribution is -2.31. The van der Waals surface area contributed by atoms with E-state index in [1.54, 1.807) is 60.7 Å². The van der Waals surface area contributed by atoms with Gasteiger partial charge in [0.05, 0.1) is 6.61 Å². The van der Waals surface area contributed by atoms with Crippen molar-refractivity contribution in [3.05, 3.63) is 95.6 Å². The number of nitrogens with one attached hydrogen (secondary N) is 2. The van der Waals surface area contributed by atoms with Crippen LogP contribution >= 0.6 is 0 Å². The zero-order valence-corrected chi connectivity index (χ0v) is 18.6. The van der Waals surface area contributed by atoms with E-state index in [1.807, 2.05) is 13.0 Å². The van der Waals surface area contributed by atoms with Crippen LogP contribution < -0.4 is 15.4 Å². The lowest BCUT2D eigenvalue weighted by Gasteiger charge is -2.08. The SMILES string of the molecule is CCOc1ccc(C(=O)NCC(=O)OCC(=O)c2ccc(NC(=O)c3ccccc3)cc2)cc1. The number of carbonyl (C=O) groups excluding carboxylic acids is 4. The van der Waals surface area contributed by atoms with E-state index in [4.69, 9.17) is 9.47 Å². The number of ketones is 1. The fourth-order valence-electron chi connectivity index (χ4n) is 2.94. The van der Waals surface area contributed by atoms with Gasteiger partial charge in [-0.3, -0.25) is 19.2 Å². The van der Waals surface area contributed by atoms with Gasteiger partial charge in [0.15, 0.2) is 12.4 Å². The Morgan fingerprint density at radius 3 is 2.00 bits per heavy atom. The molecule has 2 amide bonds. The standard InChI is InChI=1S/C26H24N2O6/c1-2-33-22-14-10-20(11-15-22)25(31)27-16-24(30)34-17-23(29)18-8-12-21(13-9-18)28-26(32)19-6-4-3-5-7-19/h3-15H,2,16-17H2,1H3,(H,27,31)(H,28,32). The van der Waals surface area contributed by atoms with Gasteiger partial charge in [-0.1, -0.05) is 18.2 Å². The molecular formula is C26H24N2O6. The van der Waals surface area contributed by atoms with E-state index in [0.717, 1.165) is 0 Å². The summed E-state index contributed by atoms with van der Waals surface area (Å²) in [6.07, 6.45) is 0. The summed E-state index contributed by atoms with van der Waals surface area (Å²) in [5, 5.41) is 5.19. The van der Waals surface area contributed by atoms with Gasteiger partial charge in [-0.05, 0) is 67.6 Å². The lowest BCUT2D eigenvalue weighted by atomic mass is 10.1. The van der Waals surface area contributed by atoms with Crippen LogP contribution in [-0.4, -0.2) is 43.3 Å². The normalized spacial score (nSPS) is 10.1. The molecule has 3 aromatic rings. The van der Waals surface area contributed by atoms with Crippen molar-refractivity contribution in [2.75, 3.05) is 25.1 Å². The van der Waals surface area contributed by atoms with Crippen LogP contribution in [0.2, 0.25) is 0 Å². The number of esters is 1. The van der Waals surface area contributed by atoms with Crippen molar-refractivity contribution in [2.45, 2.75) is 6.92 Å². The van der Waals surface area contributed by atoms with Crippen molar-refractivity contribution in [1.29, 1.82) is 0 Å². The first-order valence-electron chi connectivity index (χ1n) is 10.6. The minimum Gasteiger partial charge on any atom is -0.494 e. The van der Waals surface area contributed by atoms with Crippen LogP contribution in [-0.2, 0) is 9.53 Å². The van der Waals surface area contributed by atoms with Crippen LogP contribution in [0.1, 0.15) is 38.0 Å². The van der Waals surface area contributed by atoms with E-state index in [2.05, 4.69) is 10.6 Å². The first-order valence-corrected chi connectivity index (χ1v) is 10.6. The van der Waals surface area contributed by atoms with Crippen LogP contribution in [0, 0.1) is 0 Å². The molecular weight excluding hydrogens is 436 g/mol. The molecule has 0 saturated carbocycles. The second-order valence-electron chi connectivity index (χ2n) is 7.12. The van der Waals surface area contributed by atoms with E-state index in [1.165, 1.54) is 12.1 Å². The fourth-order valence-corrected chi connectivity index (χ4v) is 2.94. The summed E-state index contributed by atoms with van der Waals surface area (Å²) >= 11 is 0. The molecule has 34 heavy (non-hydrogen) atoms. The molecule has 0 fully saturated rings. The molecule has 0 spiro atoms. The third-order valence-corrected chi connectivity index (χ3v) is 4.69. The van der Waals surface area contributed by atoms with Gasteiger partial charge in [0, 0.05) is 22.4 Å². The Bertz CT molecular complexity index is 1140. The molecule has 8 heteroatoms. The Morgan fingerprint density at radius 1 is 0.735 bits per heavy atom. The third-order valence-electron chi connectivity index (χ3n) is 4.69. The fraction of sp³-hybridized carbons (Fsp3) is 0.154. The van der Waals surface area contributed by atoms with E-state index in [9.17, 15) is 19.2 Å². The van der Waals surface area contributed by atoms with Crippen molar-refractivity contribution in [2.24, 2.45) is 0 Å². The minimum atomic E-state index is -0.737. The Kier molecular flexibility index (Phi) is 8.51. The molecule has 0 saturated heterocycles. The van der Waals surface area contributed by atoms with Crippen molar-refractivity contribution in [3.8, 4) is 5.75 Å². The molecule has 0 aromatic heterocycles. The van der Waals surface area contributed by atoms with Gasteiger partial charge in [-0.15, -0.1) is 0 Å². The number of Topliss-reactive ketones (excluding diaryl/α,β-unsaturated/α-hetero) is 1. The van der Waals surface area contributed by atoms with Crippen LogP contribution in [0.15, 0.2) is 78.9 Å². The highest BCUT2D eigenvalue weighted by atomic mass is 16.5. The Morgan fingerprint density at radius 2 is 1.35 bits per heavy atom. The monoisotopic (exact) mass is 460 g/mol. The number of rotatable bonds is 10. The van der Waals surface area contributed by atoms with Crippen LogP contribution in [0.5, 0.6) is 5.75 Å². The Balaban J connectivity index is 1.42. The molecule has 3 aromatic carbocycles. The summed E-state index contributed by atoms with van der Waals surface area (Å²) < 4.78 is 10.3.